The molecule has 8 nitrogen and oxygen atoms in total. The van der Waals surface area contributed by atoms with Gasteiger partial charge in [-0.3, -0.25) is 9.69 Å². The lowest BCUT2D eigenvalue weighted by Gasteiger charge is -2.17. The van der Waals surface area contributed by atoms with E-state index >= 15 is 0 Å². The molecule has 1 aliphatic heterocycles. The molecule has 0 aliphatic carbocycles. The van der Waals surface area contributed by atoms with E-state index in [0.717, 1.165) is 4.90 Å². The molecular weight excluding hydrogens is 340 g/mol. The van der Waals surface area contributed by atoms with Gasteiger partial charge in [-0.1, -0.05) is 6.07 Å². The summed E-state index contributed by atoms with van der Waals surface area (Å²) in [6.07, 6.45) is 1.71. The van der Waals surface area contributed by atoms with E-state index < -0.39 is 24.0 Å². The normalized spacial score (nSPS) is 14.9. The van der Waals surface area contributed by atoms with Crippen LogP contribution in [0.3, 0.4) is 0 Å². The second-order valence-corrected chi connectivity index (χ2v) is 5.48. The van der Waals surface area contributed by atoms with Gasteiger partial charge in [0, 0.05) is 19.2 Å². The first-order valence-electron chi connectivity index (χ1n) is 8.25. The van der Waals surface area contributed by atoms with Crippen molar-refractivity contribution in [1.82, 2.24) is 10.2 Å². The Bertz CT molecular complexity index is 716. The average molecular weight is 362 g/mol. The molecule has 1 aromatic carbocycles. The molecule has 1 aromatic rings. The van der Waals surface area contributed by atoms with Gasteiger partial charge in [-0.15, -0.1) is 0 Å². The summed E-state index contributed by atoms with van der Waals surface area (Å²) in [7, 11) is 1.55. The van der Waals surface area contributed by atoms with E-state index in [4.69, 9.17) is 14.2 Å². The van der Waals surface area contributed by atoms with Crippen LogP contribution in [0, 0.1) is 0 Å². The van der Waals surface area contributed by atoms with Gasteiger partial charge in [0.1, 0.15) is 0 Å². The summed E-state index contributed by atoms with van der Waals surface area (Å²) in [4.78, 5) is 36.5. The first-order chi connectivity index (χ1) is 12.5. The molecular formula is C18H22N2O6. The van der Waals surface area contributed by atoms with E-state index in [2.05, 4.69) is 5.32 Å². The molecule has 0 unspecified atom stereocenters. The highest BCUT2D eigenvalue weighted by Crippen LogP contribution is 2.28. The predicted octanol–water partition coefficient (Wildman–Crippen LogP) is 1.59. The number of nitrogens with one attached hydrogen (secondary N) is 1. The zero-order valence-electron chi connectivity index (χ0n) is 15.0. The lowest BCUT2D eigenvalue weighted by molar-refractivity contribution is -0.153. The zero-order valence-corrected chi connectivity index (χ0v) is 15.0. The number of rotatable bonds is 7. The lowest BCUT2D eigenvalue weighted by atomic mass is 10.2. The summed E-state index contributed by atoms with van der Waals surface area (Å²) < 4.78 is 15.7. The first kappa shape index (κ1) is 19.3. The molecule has 0 saturated carbocycles. The molecule has 1 heterocycles. The summed E-state index contributed by atoms with van der Waals surface area (Å²) in [5.74, 6) is -0.0761. The number of nitrogens with zero attached hydrogens (tertiary/aromatic N) is 1. The third-order valence-corrected chi connectivity index (χ3v) is 3.66. The van der Waals surface area contributed by atoms with Gasteiger partial charge in [-0.25, -0.2) is 9.59 Å². The van der Waals surface area contributed by atoms with E-state index in [1.165, 1.54) is 13.0 Å². The van der Waals surface area contributed by atoms with E-state index in [1.54, 1.807) is 31.4 Å². The fourth-order valence-electron chi connectivity index (χ4n) is 2.39. The van der Waals surface area contributed by atoms with Gasteiger partial charge in [0.2, 0.25) is 0 Å². The molecule has 26 heavy (non-hydrogen) atoms. The molecule has 3 amide bonds. The van der Waals surface area contributed by atoms with Crippen molar-refractivity contribution in [3.05, 3.63) is 29.8 Å². The highest BCUT2D eigenvalue weighted by atomic mass is 16.5. The number of methoxy groups -OCH3 is 1. The minimum Gasteiger partial charge on any atom is -0.493 e. The third kappa shape index (κ3) is 4.75. The predicted molar refractivity (Wildman–Crippen MR) is 93.9 cm³/mol. The summed E-state index contributed by atoms with van der Waals surface area (Å²) in [5.41, 5.74) is 0.712. The van der Waals surface area contributed by atoms with Crippen LogP contribution in [0.25, 0.3) is 6.08 Å². The van der Waals surface area contributed by atoms with Gasteiger partial charge < -0.3 is 19.5 Å². The van der Waals surface area contributed by atoms with Crippen LogP contribution >= 0.6 is 0 Å². The smallest absolute Gasteiger partial charge is 0.331 e. The fraction of sp³-hybridized carbons (Fsp3) is 0.389. The molecule has 1 aliphatic rings. The van der Waals surface area contributed by atoms with Crippen molar-refractivity contribution < 1.29 is 28.6 Å². The number of ether oxygens (including phenoxy) is 3. The number of urea groups is 1. The minimum atomic E-state index is -1.05. The summed E-state index contributed by atoms with van der Waals surface area (Å²) in [5, 5.41) is 2.52. The maximum absolute atomic E-state index is 12.1. The Morgan fingerprint density at radius 2 is 2.12 bits per heavy atom. The van der Waals surface area contributed by atoms with Gasteiger partial charge in [-0.05, 0) is 37.6 Å². The minimum absolute atomic E-state index is 0.265. The highest BCUT2D eigenvalue weighted by Gasteiger charge is 2.31. The summed E-state index contributed by atoms with van der Waals surface area (Å²) in [6, 6.07) is 4.74. The second kappa shape index (κ2) is 8.89. The van der Waals surface area contributed by atoms with Crippen molar-refractivity contribution in [3.8, 4) is 11.5 Å². The number of hydrogen-bond acceptors (Lipinski definition) is 6. The number of imide groups is 1. The monoisotopic (exact) mass is 362 g/mol. The van der Waals surface area contributed by atoms with E-state index in [0.29, 0.717) is 30.2 Å². The standard InChI is InChI=1S/C18H22N2O6/c1-4-25-15-11-13(5-7-14(15)24-3)6-8-16(21)26-12(2)17(22)20-10-9-19-18(20)23/h5-8,11-12H,4,9-10H2,1-3H3,(H,19,23)/b8-6+/t12-/m0/s1. The molecule has 140 valence electrons. The highest BCUT2D eigenvalue weighted by molar-refractivity contribution is 5.99. The number of benzene rings is 1. The van der Waals surface area contributed by atoms with Crippen LogP contribution in [-0.2, 0) is 14.3 Å². The molecule has 0 bridgehead atoms. The Hall–Kier alpha value is -3.03. The Labute approximate surface area is 151 Å². The summed E-state index contributed by atoms with van der Waals surface area (Å²) >= 11 is 0. The number of esters is 1. The molecule has 1 fully saturated rings. The van der Waals surface area contributed by atoms with E-state index in [1.807, 2.05) is 6.92 Å². The van der Waals surface area contributed by atoms with Crippen LogP contribution in [0.5, 0.6) is 11.5 Å². The van der Waals surface area contributed by atoms with Gasteiger partial charge in [0.05, 0.1) is 13.7 Å². The first-order valence-corrected chi connectivity index (χ1v) is 8.25. The fourth-order valence-corrected chi connectivity index (χ4v) is 2.39. The van der Waals surface area contributed by atoms with E-state index in [-0.39, 0.29) is 6.54 Å². The average Bonchev–Trinajstić information content (AvgIpc) is 3.05. The third-order valence-electron chi connectivity index (χ3n) is 3.66. The second-order valence-electron chi connectivity index (χ2n) is 5.48. The molecule has 1 N–H and O–H groups in total. The van der Waals surface area contributed by atoms with Crippen molar-refractivity contribution >= 4 is 24.0 Å². The number of carbonyl (C=O) groups excluding carboxylic acids is 3. The topological polar surface area (TPSA) is 94.2 Å². The van der Waals surface area contributed by atoms with Crippen molar-refractivity contribution in [3.63, 3.8) is 0 Å². The number of carbonyl (C=O) groups is 3. The molecule has 0 radical (unpaired) electrons. The van der Waals surface area contributed by atoms with Gasteiger partial charge in [0.25, 0.3) is 5.91 Å². The lowest BCUT2D eigenvalue weighted by Crippen LogP contribution is -2.41. The van der Waals surface area contributed by atoms with Crippen LogP contribution in [-0.4, -0.2) is 55.7 Å². The van der Waals surface area contributed by atoms with Crippen LogP contribution in [0.1, 0.15) is 19.4 Å². The maximum atomic E-state index is 12.1. The molecule has 1 saturated heterocycles. The van der Waals surface area contributed by atoms with Gasteiger partial charge in [0.15, 0.2) is 17.6 Å². The van der Waals surface area contributed by atoms with Gasteiger partial charge >= 0.3 is 12.0 Å². The zero-order chi connectivity index (χ0) is 19.1. The van der Waals surface area contributed by atoms with Crippen molar-refractivity contribution in [2.75, 3.05) is 26.8 Å². The Morgan fingerprint density at radius 3 is 2.73 bits per heavy atom. The molecule has 0 spiro atoms. The molecule has 1 atom stereocenters. The number of hydrogen-bond donors (Lipinski definition) is 1. The Balaban J connectivity index is 1.97. The Morgan fingerprint density at radius 1 is 1.35 bits per heavy atom. The Kier molecular flexibility index (Phi) is 6.60. The quantitative estimate of drug-likeness (QED) is 0.585. The van der Waals surface area contributed by atoms with Gasteiger partial charge in [-0.2, -0.15) is 0 Å². The van der Waals surface area contributed by atoms with Crippen LogP contribution in [0.15, 0.2) is 24.3 Å². The maximum Gasteiger partial charge on any atom is 0.331 e. The molecule has 8 heteroatoms. The SMILES string of the molecule is CCOc1cc(/C=C/C(=O)O[C@@H](C)C(=O)N2CCNC2=O)ccc1OC. The summed E-state index contributed by atoms with van der Waals surface area (Å²) in [6.45, 7) is 4.43. The van der Waals surface area contributed by atoms with Crippen LogP contribution < -0.4 is 14.8 Å². The van der Waals surface area contributed by atoms with Crippen LogP contribution in [0.2, 0.25) is 0 Å². The van der Waals surface area contributed by atoms with Crippen LogP contribution in [0.4, 0.5) is 4.79 Å². The van der Waals surface area contributed by atoms with Crippen molar-refractivity contribution in [1.29, 1.82) is 0 Å². The van der Waals surface area contributed by atoms with E-state index in [9.17, 15) is 14.4 Å². The van der Waals surface area contributed by atoms with Crippen molar-refractivity contribution in [2.24, 2.45) is 0 Å². The number of amides is 3. The largest absolute Gasteiger partial charge is 0.493 e. The molecule has 2 rings (SSSR count). The molecule has 0 aromatic heterocycles. The van der Waals surface area contributed by atoms with Crippen molar-refractivity contribution in [2.45, 2.75) is 20.0 Å².